The maximum atomic E-state index is 12.0. The van der Waals surface area contributed by atoms with Crippen molar-refractivity contribution in [1.29, 1.82) is 0 Å². The molecule has 0 radical (unpaired) electrons. The van der Waals surface area contributed by atoms with E-state index in [-0.39, 0.29) is 40.9 Å². The van der Waals surface area contributed by atoms with Gasteiger partial charge in [0, 0.05) is 19.8 Å². The lowest BCUT2D eigenvalue weighted by atomic mass is 9.40. The van der Waals surface area contributed by atoms with Gasteiger partial charge in [0.25, 0.3) is 0 Å². The zero-order valence-electron chi connectivity index (χ0n) is 18.2. The minimum atomic E-state index is -0.324. The summed E-state index contributed by atoms with van der Waals surface area (Å²) < 4.78 is 12.0. The van der Waals surface area contributed by atoms with Crippen molar-refractivity contribution in [3.05, 3.63) is 12.2 Å². The highest BCUT2D eigenvalue weighted by Crippen LogP contribution is 2.73. The zero-order valence-corrected chi connectivity index (χ0v) is 18.2. The van der Waals surface area contributed by atoms with Crippen LogP contribution in [0.25, 0.3) is 0 Å². The summed E-state index contributed by atoms with van der Waals surface area (Å²) in [4.78, 5) is 24.1. The van der Waals surface area contributed by atoms with E-state index in [1.165, 1.54) is 33.1 Å². The van der Waals surface area contributed by atoms with Gasteiger partial charge in [0.1, 0.15) is 12.2 Å². The Morgan fingerprint density at radius 1 is 0.929 bits per heavy atom. The standard InChI is InChI=1S/C24H36O4/c1-14-17-8-9-19-23(6)12-7-11-22(4,5)18(23)10-13-24(19,20(14)27-15(2)25)21(17)28-16(3)26/h17-21H,1,7-13H2,2-6H3/t17-,18+,19?,20+,21+,23+,24+/m0/s1. The molecule has 4 nitrogen and oxygen atoms in total. The molecule has 156 valence electrons. The second kappa shape index (κ2) is 6.34. The van der Waals surface area contributed by atoms with Gasteiger partial charge >= 0.3 is 11.9 Å². The molecule has 0 aromatic rings. The largest absolute Gasteiger partial charge is 0.461 e. The minimum absolute atomic E-state index is 0.112. The Morgan fingerprint density at radius 2 is 1.61 bits per heavy atom. The fraction of sp³-hybridized carbons (Fsp3) is 0.833. The lowest BCUT2D eigenvalue weighted by Gasteiger charge is -2.65. The van der Waals surface area contributed by atoms with Crippen LogP contribution in [0.5, 0.6) is 0 Å². The number of carbonyl (C=O) groups is 2. The molecule has 0 aromatic heterocycles. The number of carbonyl (C=O) groups excluding carboxylic acids is 2. The number of esters is 2. The van der Waals surface area contributed by atoms with Gasteiger partial charge in [-0.3, -0.25) is 9.59 Å². The molecular formula is C24H36O4. The molecule has 4 heteroatoms. The maximum absolute atomic E-state index is 12.0. The first kappa shape index (κ1) is 20.0. The highest BCUT2D eigenvalue weighted by Gasteiger charge is 2.72. The third-order valence-corrected chi connectivity index (χ3v) is 9.13. The first-order chi connectivity index (χ1) is 13.0. The van der Waals surface area contributed by atoms with E-state index in [0.29, 0.717) is 17.3 Å². The summed E-state index contributed by atoms with van der Waals surface area (Å²) in [6.45, 7) is 14.7. The summed E-state index contributed by atoms with van der Waals surface area (Å²) in [6.07, 6.45) is 7.35. The molecule has 28 heavy (non-hydrogen) atoms. The Morgan fingerprint density at radius 3 is 2.25 bits per heavy atom. The van der Waals surface area contributed by atoms with E-state index in [9.17, 15) is 9.59 Å². The molecule has 0 N–H and O–H groups in total. The summed E-state index contributed by atoms with van der Waals surface area (Å²) in [5, 5.41) is 0. The summed E-state index contributed by atoms with van der Waals surface area (Å²) >= 11 is 0. The molecule has 4 aliphatic rings. The molecule has 0 heterocycles. The summed E-state index contributed by atoms with van der Waals surface area (Å²) in [5.41, 5.74) is 1.18. The molecule has 4 rings (SSSR count). The Hall–Kier alpha value is -1.32. The van der Waals surface area contributed by atoms with Crippen LogP contribution in [-0.2, 0) is 19.1 Å². The molecule has 4 saturated carbocycles. The number of rotatable bonds is 2. The van der Waals surface area contributed by atoms with Gasteiger partial charge in [-0.15, -0.1) is 0 Å². The van der Waals surface area contributed by atoms with E-state index in [1.54, 1.807) is 0 Å². The third-order valence-electron chi connectivity index (χ3n) is 9.13. The Bertz CT molecular complexity index is 709. The topological polar surface area (TPSA) is 52.6 Å². The Kier molecular flexibility index (Phi) is 4.52. The molecule has 1 spiro atoms. The highest BCUT2D eigenvalue weighted by atomic mass is 16.6. The van der Waals surface area contributed by atoms with Crippen LogP contribution in [-0.4, -0.2) is 24.1 Å². The van der Waals surface area contributed by atoms with Crippen LogP contribution in [0.2, 0.25) is 0 Å². The van der Waals surface area contributed by atoms with E-state index < -0.39 is 0 Å². The first-order valence-corrected chi connectivity index (χ1v) is 11.1. The van der Waals surface area contributed by atoms with E-state index >= 15 is 0 Å². The molecule has 0 amide bonds. The van der Waals surface area contributed by atoms with Crippen molar-refractivity contribution in [2.45, 2.75) is 91.8 Å². The number of hydrogen-bond donors (Lipinski definition) is 0. The molecule has 2 bridgehead atoms. The molecule has 0 aromatic carbocycles. The van der Waals surface area contributed by atoms with Crippen molar-refractivity contribution in [2.24, 2.45) is 34.0 Å². The molecule has 0 aliphatic heterocycles. The van der Waals surface area contributed by atoms with Crippen LogP contribution in [0.4, 0.5) is 0 Å². The second-order valence-corrected chi connectivity index (χ2v) is 10.9. The minimum Gasteiger partial charge on any atom is -0.461 e. The molecular weight excluding hydrogens is 352 g/mol. The van der Waals surface area contributed by atoms with Crippen LogP contribution in [0, 0.1) is 34.0 Å². The molecule has 0 saturated heterocycles. The van der Waals surface area contributed by atoms with Crippen molar-refractivity contribution >= 4 is 11.9 Å². The van der Waals surface area contributed by atoms with Crippen LogP contribution in [0.1, 0.15) is 79.6 Å². The number of ether oxygens (including phenoxy) is 2. The number of hydrogen-bond acceptors (Lipinski definition) is 4. The van der Waals surface area contributed by atoms with Crippen LogP contribution in [0.3, 0.4) is 0 Å². The van der Waals surface area contributed by atoms with E-state index in [1.807, 2.05) is 0 Å². The Labute approximate surface area is 169 Å². The van der Waals surface area contributed by atoms with Gasteiger partial charge in [-0.05, 0) is 66.8 Å². The SMILES string of the molecule is C=C1[C@@H](OC(C)=O)[C@@]23CC[C@@H]4C(C)(C)CCC[C@@]4(C)C2CC[C@@H]1[C@H]3OC(C)=O. The Balaban J connectivity index is 1.83. The van der Waals surface area contributed by atoms with Crippen molar-refractivity contribution in [3.8, 4) is 0 Å². The molecule has 7 atom stereocenters. The average Bonchev–Trinajstić information content (AvgIpc) is 2.69. The van der Waals surface area contributed by atoms with Gasteiger partial charge < -0.3 is 9.47 Å². The molecule has 4 fully saturated rings. The second-order valence-electron chi connectivity index (χ2n) is 10.9. The van der Waals surface area contributed by atoms with Gasteiger partial charge in [0.15, 0.2) is 0 Å². The van der Waals surface area contributed by atoms with Gasteiger partial charge in [-0.2, -0.15) is 0 Å². The highest BCUT2D eigenvalue weighted by molar-refractivity contribution is 5.68. The summed E-state index contributed by atoms with van der Waals surface area (Å²) in [7, 11) is 0. The molecule has 1 unspecified atom stereocenters. The lowest BCUT2D eigenvalue weighted by Crippen LogP contribution is -2.63. The quantitative estimate of drug-likeness (QED) is 0.490. The van der Waals surface area contributed by atoms with Gasteiger partial charge in [0.2, 0.25) is 0 Å². The monoisotopic (exact) mass is 388 g/mol. The van der Waals surface area contributed by atoms with E-state index in [0.717, 1.165) is 31.3 Å². The summed E-state index contributed by atoms with van der Waals surface area (Å²) in [5.74, 6) is 0.668. The maximum Gasteiger partial charge on any atom is 0.303 e. The average molecular weight is 389 g/mol. The fourth-order valence-corrected chi connectivity index (χ4v) is 8.40. The van der Waals surface area contributed by atoms with E-state index in [2.05, 4.69) is 27.4 Å². The van der Waals surface area contributed by atoms with Crippen molar-refractivity contribution < 1.29 is 19.1 Å². The summed E-state index contributed by atoms with van der Waals surface area (Å²) in [6, 6.07) is 0. The predicted molar refractivity (Wildman–Crippen MR) is 107 cm³/mol. The normalized spacial score (nSPS) is 46.3. The lowest BCUT2D eigenvalue weighted by molar-refractivity contribution is -0.221. The number of fused-ring (bicyclic) bond motifs is 3. The predicted octanol–water partition coefficient (Wildman–Crippen LogP) is 5.06. The van der Waals surface area contributed by atoms with Crippen LogP contribution >= 0.6 is 0 Å². The first-order valence-electron chi connectivity index (χ1n) is 11.1. The van der Waals surface area contributed by atoms with Crippen LogP contribution in [0.15, 0.2) is 12.2 Å². The van der Waals surface area contributed by atoms with Gasteiger partial charge in [-0.25, -0.2) is 0 Å². The van der Waals surface area contributed by atoms with Crippen molar-refractivity contribution in [3.63, 3.8) is 0 Å². The van der Waals surface area contributed by atoms with Gasteiger partial charge in [0.05, 0.1) is 5.41 Å². The van der Waals surface area contributed by atoms with Gasteiger partial charge in [-0.1, -0.05) is 33.8 Å². The smallest absolute Gasteiger partial charge is 0.303 e. The zero-order chi connectivity index (χ0) is 20.5. The fourth-order valence-electron chi connectivity index (χ4n) is 8.40. The van der Waals surface area contributed by atoms with Crippen molar-refractivity contribution in [1.82, 2.24) is 0 Å². The van der Waals surface area contributed by atoms with Crippen molar-refractivity contribution in [2.75, 3.05) is 0 Å². The third kappa shape index (κ3) is 2.55. The van der Waals surface area contributed by atoms with E-state index in [4.69, 9.17) is 9.47 Å². The van der Waals surface area contributed by atoms with Crippen LogP contribution < -0.4 is 0 Å². The molecule has 4 aliphatic carbocycles.